The smallest absolute Gasteiger partial charge is 0.220 e. The van der Waals surface area contributed by atoms with Crippen LogP contribution in [0, 0.1) is 11.8 Å². The molecule has 1 aliphatic rings. The summed E-state index contributed by atoms with van der Waals surface area (Å²) in [5.74, 6) is 0.657. The lowest BCUT2D eigenvalue weighted by Crippen LogP contribution is -2.42. The van der Waals surface area contributed by atoms with E-state index in [0.29, 0.717) is 12.0 Å². The van der Waals surface area contributed by atoms with E-state index < -0.39 is 0 Å². The molecule has 1 rings (SSSR count). The summed E-state index contributed by atoms with van der Waals surface area (Å²) in [5, 5.41) is 3.43. The van der Waals surface area contributed by atoms with Crippen molar-refractivity contribution in [3.8, 4) is 0 Å². The van der Waals surface area contributed by atoms with Crippen LogP contribution in [0.1, 0.15) is 33.1 Å². The highest BCUT2D eigenvalue weighted by atomic mass is 16.1. The first-order valence-corrected chi connectivity index (χ1v) is 5.12. The Morgan fingerprint density at radius 2 is 2.31 bits per heavy atom. The Bertz CT molecular complexity index is 180. The molecule has 1 aliphatic heterocycles. The van der Waals surface area contributed by atoms with Crippen LogP contribution >= 0.6 is 0 Å². The molecule has 13 heavy (non-hydrogen) atoms. The summed E-state index contributed by atoms with van der Waals surface area (Å²) >= 11 is 0. The van der Waals surface area contributed by atoms with Crippen LogP contribution in [0.4, 0.5) is 0 Å². The van der Waals surface area contributed by atoms with Crippen LogP contribution in [0.25, 0.3) is 0 Å². The molecule has 0 spiro atoms. The molecule has 0 aromatic carbocycles. The van der Waals surface area contributed by atoms with Gasteiger partial charge in [-0.05, 0) is 31.7 Å². The fourth-order valence-electron chi connectivity index (χ4n) is 2.01. The molecule has 1 heterocycles. The predicted octanol–water partition coefficient (Wildman–Crippen LogP) is 0.886. The first-order chi connectivity index (χ1) is 6.09. The van der Waals surface area contributed by atoms with Gasteiger partial charge in [0.1, 0.15) is 0 Å². The van der Waals surface area contributed by atoms with Crippen molar-refractivity contribution in [2.24, 2.45) is 17.6 Å². The van der Waals surface area contributed by atoms with E-state index in [0.717, 1.165) is 25.8 Å². The van der Waals surface area contributed by atoms with E-state index in [2.05, 4.69) is 19.2 Å². The van der Waals surface area contributed by atoms with Crippen LogP contribution in [0.3, 0.4) is 0 Å². The number of rotatable bonds is 3. The number of carbonyl (C=O) groups is 1. The first kappa shape index (κ1) is 10.5. The van der Waals surface area contributed by atoms with Gasteiger partial charge in [-0.25, -0.2) is 0 Å². The number of carbonyl (C=O) groups excluding carboxylic acids is 1. The van der Waals surface area contributed by atoms with Gasteiger partial charge < -0.3 is 11.1 Å². The van der Waals surface area contributed by atoms with Gasteiger partial charge in [-0.3, -0.25) is 4.79 Å². The van der Waals surface area contributed by atoms with E-state index in [1.807, 2.05) is 0 Å². The van der Waals surface area contributed by atoms with Crippen LogP contribution < -0.4 is 11.1 Å². The van der Waals surface area contributed by atoms with Gasteiger partial charge in [0.05, 0.1) is 0 Å². The van der Waals surface area contributed by atoms with Crippen molar-refractivity contribution in [1.82, 2.24) is 5.32 Å². The molecular weight excluding hydrogens is 164 g/mol. The summed E-state index contributed by atoms with van der Waals surface area (Å²) in [4.78, 5) is 11.0. The average Bonchev–Trinajstić information content (AvgIpc) is 2.03. The minimum Gasteiger partial charge on any atom is -0.369 e. The number of hydrogen-bond donors (Lipinski definition) is 2. The molecular formula is C10H20N2O. The third-order valence-corrected chi connectivity index (χ3v) is 2.65. The van der Waals surface area contributed by atoms with Gasteiger partial charge in [0.2, 0.25) is 5.91 Å². The fourth-order valence-corrected chi connectivity index (χ4v) is 2.01. The standard InChI is InChI=1S/C10H20N2O/c1-7(2)5-9-6-8(10(11)13)3-4-12-9/h7-9,12H,3-6H2,1-2H3,(H2,11,13). The molecule has 0 aromatic heterocycles. The first-order valence-electron chi connectivity index (χ1n) is 5.12. The number of hydrogen-bond acceptors (Lipinski definition) is 2. The number of piperidine rings is 1. The Balaban J connectivity index is 2.37. The lowest BCUT2D eigenvalue weighted by molar-refractivity contribution is -0.122. The maximum atomic E-state index is 11.0. The topological polar surface area (TPSA) is 55.1 Å². The zero-order valence-electron chi connectivity index (χ0n) is 8.55. The quantitative estimate of drug-likeness (QED) is 0.684. The number of nitrogens with two attached hydrogens (primary N) is 1. The van der Waals surface area contributed by atoms with E-state index in [4.69, 9.17) is 5.73 Å². The monoisotopic (exact) mass is 184 g/mol. The van der Waals surface area contributed by atoms with Crippen molar-refractivity contribution in [2.75, 3.05) is 6.54 Å². The van der Waals surface area contributed by atoms with Gasteiger partial charge in [0.25, 0.3) is 0 Å². The Morgan fingerprint density at radius 3 is 2.85 bits per heavy atom. The summed E-state index contributed by atoms with van der Waals surface area (Å²) in [6, 6.07) is 0.492. The second-order valence-electron chi connectivity index (χ2n) is 4.40. The van der Waals surface area contributed by atoms with E-state index in [1.54, 1.807) is 0 Å². The number of amides is 1. The maximum Gasteiger partial charge on any atom is 0.220 e. The average molecular weight is 184 g/mol. The Hall–Kier alpha value is -0.570. The largest absolute Gasteiger partial charge is 0.369 e. The minimum absolute atomic E-state index is 0.102. The van der Waals surface area contributed by atoms with E-state index >= 15 is 0 Å². The number of primary amides is 1. The molecule has 0 radical (unpaired) electrons. The minimum atomic E-state index is -0.129. The van der Waals surface area contributed by atoms with E-state index in [-0.39, 0.29) is 11.8 Å². The highest BCUT2D eigenvalue weighted by Gasteiger charge is 2.25. The van der Waals surface area contributed by atoms with Gasteiger partial charge in [0.15, 0.2) is 0 Å². The van der Waals surface area contributed by atoms with Crippen molar-refractivity contribution in [1.29, 1.82) is 0 Å². The molecule has 1 fully saturated rings. The molecule has 2 atom stereocenters. The molecule has 0 bridgehead atoms. The molecule has 3 heteroatoms. The molecule has 1 saturated heterocycles. The van der Waals surface area contributed by atoms with Crippen molar-refractivity contribution in [3.63, 3.8) is 0 Å². The molecule has 0 aromatic rings. The van der Waals surface area contributed by atoms with Gasteiger partial charge >= 0.3 is 0 Å². The van der Waals surface area contributed by atoms with Gasteiger partial charge in [-0.2, -0.15) is 0 Å². The van der Waals surface area contributed by atoms with Crippen molar-refractivity contribution < 1.29 is 4.79 Å². The summed E-state index contributed by atoms with van der Waals surface area (Å²) in [6.07, 6.45) is 2.97. The summed E-state index contributed by atoms with van der Waals surface area (Å²) < 4.78 is 0. The number of nitrogens with one attached hydrogen (secondary N) is 1. The summed E-state index contributed by atoms with van der Waals surface area (Å²) in [7, 11) is 0. The van der Waals surface area contributed by atoms with Crippen LogP contribution in [-0.2, 0) is 4.79 Å². The van der Waals surface area contributed by atoms with Crippen LogP contribution in [0.2, 0.25) is 0 Å². The van der Waals surface area contributed by atoms with Crippen LogP contribution in [0.15, 0.2) is 0 Å². The molecule has 0 saturated carbocycles. The highest BCUT2D eigenvalue weighted by molar-refractivity contribution is 5.76. The molecule has 3 N–H and O–H groups in total. The molecule has 1 amide bonds. The van der Waals surface area contributed by atoms with Crippen molar-refractivity contribution >= 4 is 5.91 Å². The van der Waals surface area contributed by atoms with Crippen LogP contribution in [0.5, 0.6) is 0 Å². The molecule has 3 nitrogen and oxygen atoms in total. The third-order valence-electron chi connectivity index (χ3n) is 2.65. The second-order valence-corrected chi connectivity index (χ2v) is 4.40. The van der Waals surface area contributed by atoms with E-state index in [1.165, 1.54) is 0 Å². The molecule has 0 aliphatic carbocycles. The second kappa shape index (κ2) is 4.61. The van der Waals surface area contributed by atoms with E-state index in [9.17, 15) is 4.79 Å². The normalized spacial score (nSPS) is 29.2. The Labute approximate surface area is 80.1 Å². The third kappa shape index (κ3) is 3.35. The fraction of sp³-hybridized carbons (Fsp3) is 0.900. The molecule has 2 unspecified atom stereocenters. The summed E-state index contributed by atoms with van der Waals surface area (Å²) in [6.45, 7) is 5.34. The summed E-state index contributed by atoms with van der Waals surface area (Å²) in [5.41, 5.74) is 5.29. The van der Waals surface area contributed by atoms with Crippen molar-refractivity contribution in [2.45, 2.75) is 39.2 Å². The predicted molar refractivity (Wildman–Crippen MR) is 53.2 cm³/mol. The zero-order chi connectivity index (χ0) is 9.84. The highest BCUT2D eigenvalue weighted by Crippen LogP contribution is 2.20. The van der Waals surface area contributed by atoms with Gasteiger partial charge in [-0.15, -0.1) is 0 Å². The maximum absolute atomic E-state index is 11.0. The van der Waals surface area contributed by atoms with Gasteiger partial charge in [-0.1, -0.05) is 13.8 Å². The lowest BCUT2D eigenvalue weighted by Gasteiger charge is -2.29. The SMILES string of the molecule is CC(C)CC1CC(C(N)=O)CCN1. The lowest BCUT2D eigenvalue weighted by atomic mass is 9.88. The van der Waals surface area contributed by atoms with Crippen LogP contribution in [-0.4, -0.2) is 18.5 Å². The Kier molecular flexibility index (Phi) is 3.72. The molecule has 76 valence electrons. The van der Waals surface area contributed by atoms with Crippen molar-refractivity contribution in [3.05, 3.63) is 0 Å². The Morgan fingerprint density at radius 1 is 1.62 bits per heavy atom. The zero-order valence-corrected chi connectivity index (χ0v) is 8.55. The van der Waals surface area contributed by atoms with Gasteiger partial charge in [0, 0.05) is 12.0 Å².